The summed E-state index contributed by atoms with van der Waals surface area (Å²) in [4.78, 5) is 11.7. The molecule has 0 aromatic heterocycles. The van der Waals surface area contributed by atoms with E-state index in [2.05, 4.69) is 20.8 Å². The molecule has 0 aromatic carbocycles. The van der Waals surface area contributed by atoms with Gasteiger partial charge in [-0.05, 0) is 73.0 Å². The van der Waals surface area contributed by atoms with Crippen LogP contribution in [0.15, 0.2) is 0 Å². The Balaban J connectivity index is 1.72. The third-order valence-electron chi connectivity index (χ3n) is 9.06. The molecule has 4 saturated carbocycles. The fraction of sp³-hybridized carbons (Fsp3) is 0.955. The summed E-state index contributed by atoms with van der Waals surface area (Å²) in [5.74, 6) is 0.647. The SMILES string of the molecule is CC(=O)OC1C(O)CC[C@]2(C)C3CC[C@]4(C)CC(C)CC4C3C(O)C(O)C12. The second-order valence-corrected chi connectivity index (χ2v) is 10.7. The second-order valence-electron chi connectivity index (χ2n) is 10.7. The molecule has 0 heterocycles. The summed E-state index contributed by atoms with van der Waals surface area (Å²) in [5.41, 5.74) is 0.0315. The van der Waals surface area contributed by atoms with Crippen LogP contribution in [0.1, 0.15) is 66.2 Å². The number of rotatable bonds is 1. The topological polar surface area (TPSA) is 87.0 Å². The van der Waals surface area contributed by atoms with E-state index in [4.69, 9.17) is 4.74 Å². The minimum absolute atomic E-state index is 0.0955. The van der Waals surface area contributed by atoms with Crippen LogP contribution in [0.5, 0.6) is 0 Å². The molecule has 4 fully saturated rings. The Morgan fingerprint density at radius 1 is 1.04 bits per heavy atom. The van der Waals surface area contributed by atoms with Gasteiger partial charge in [-0.2, -0.15) is 0 Å². The first-order valence-corrected chi connectivity index (χ1v) is 10.8. The van der Waals surface area contributed by atoms with E-state index in [9.17, 15) is 20.1 Å². The zero-order valence-corrected chi connectivity index (χ0v) is 17.1. The van der Waals surface area contributed by atoms with Crippen LogP contribution in [-0.4, -0.2) is 45.7 Å². The zero-order valence-electron chi connectivity index (χ0n) is 17.1. The predicted molar refractivity (Wildman–Crippen MR) is 101 cm³/mol. The largest absolute Gasteiger partial charge is 0.459 e. The Morgan fingerprint density at radius 3 is 2.41 bits per heavy atom. The third kappa shape index (κ3) is 2.79. The fourth-order valence-corrected chi connectivity index (χ4v) is 8.07. The summed E-state index contributed by atoms with van der Waals surface area (Å²) >= 11 is 0. The lowest BCUT2D eigenvalue weighted by atomic mass is 9.43. The molecule has 5 nitrogen and oxygen atoms in total. The molecule has 0 aromatic rings. The van der Waals surface area contributed by atoms with Crippen molar-refractivity contribution in [2.45, 2.75) is 90.6 Å². The molecule has 4 rings (SSSR count). The van der Waals surface area contributed by atoms with Gasteiger partial charge in [-0.1, -0.05) is 20.8 Å². The number of aliphatic hydroxyl groups is 3. The van der Waals surface area contributed by atoms with Gasteiger partial charge < -0.3 is 20.1 Å². The van der Waals surface area contributed by atoms with E-state index < -0.39 is 36.3 Å². The molecule has 0 saturated heterocycles. The standard InChI is InChI=1S/C22H36O5/c1-11-9-14-16-13(5-7-21(14,3)10-11)22(4)8-6-15(24)20(27-12(2)23)17(22)19(26)18(16)25/h11,13-20,24-26H,5-10H2,1-4H3/t11?,13?,14?,15?,16?,17?,18?,19?,20?,21-,22-/m1/s1. The van der Waals surface area contributed by atoms with Crippen molar-refractivity contribution in [2.75, 3.05) is 0 Å². The van der Waals surface area contributed by atoms with Gasteiger partial charge >= 0.3 is 5.97 Å². The Kier molecular flexibility index (Phi) is 4.68. The van der Waals surface area contributed by atoms with Crippen molar-refractivity contribution in [3.63, 3.8) is 0 Å². The second kappa shape index (κ2) is 6.43. The fourth-order valence-electron chi connectivity index (χ4n) is 8.07. The van der Waals surface area contributed by atoms with Gasteiger partial charge in [0, 0.05) is 12.8 Å². The summed E-state index contributed by atoms with van der Waals surface area (Å²) in [6.45, 7) is 8.23. The number of aliphatic hydroxyl groups excluding tert-OH is 3. The van der Waals surface area contributed by atoms with Gasteiger partial charge in [-0.25, -0.2) is 0 Å². The van der Waals surface area contributed by atoms with Crippen molar-refractivity contribution in [3.8, 4) is 0 Å². The number of carbonyl (C=O) groups excluding carboxylic acids is 1. The van der Waals surface area contributed by atoms with Gasteiger partial charge in [0.25, 0.3) is 0 Å². The van der Waals surface area contributed by atoms with Gasteiger partial charge in [0.2, 0.25) is 0 Å². The first-order chi connectivity index (χ1) is 12.6. The highest BCUT2D eigenvalue weighted by atomic mass is 16.6. The molecule has 154 valence electrons. The van der Waals surface area contributed by atoms with Crippen LogP contribution in [0, 0.1) is 40.4 Å². The van der Waals surface area contributed by atoms with Crippen molar-refractivity contribution < 1.29 is 24.9 Å². The van der Waals surface area contributed by atoms with Gasteiger partial charge in [0.15, 0.2) is 0 Å². The van der Waals surface area contributed by atoms with E-state index in [1.807, 2.05) is 0 Å². The van der Waals surface area contributed by atoms with Crippen molar-refractivity contribution in [2.24, 2.45) is 40.4 Å². The summed E-state index contributed by atoms with van der Waals surface area (Å²) in [6, 6.07) is 0. The van der Waals surface area contributed by atoms with E-state index in [1.165, 1.54) is 13.3 Å². The Hall–Kier alpha value is -0.650. The molecule has 5 heteroatoms. The van der Waals surface area contributed by atoms with Crippen LogP contribution in [0.2, 0.25) is 0 Å². The van der Waals surface area contributed by atoms with Crippen molar-refractivity contribution >= 4 is 5.97 Å². The van der Waals surface area contributed by atoms with Crippen LogP contribution in [0.25, 0.3) is 0 Å². The highest BCUT2D eigenvalue weighted by molar-refractivity contribution is 5.66. The van der Waals surface area contributed by atoms with Gasteiger partial charge in [-0.3, -0.25) is 4.79 Å². The van der Waals surface area contributed by atoms with Gasteiger partial charge in [-0.15, -0.1) is 0 Å². The monoisotopic (exact) mass is 380 g/mol. The summed E-state index contributed by atoms with van der Waals surface area (Å²) < 4.78 is 5.50. The molecule has 4 aliphatic rings. The number of hydrogen-bond donors (Lipinski definition) is 3. The minimum Gasteiger partial charge on any atom is -0.459 e. The van der Waals surface area contributed by atoms with Crippen LogP contribution < -0.4 is 0 Å². The Labute approximate surface area is 162 Å². The van der Waals surface area contributed by atoms with E-state index in [0.29, 0.717) is 24.2 Å². The predicted octanol–water partition coefficient (Wildman–Crippen LogP) is 2.51. The zero-order chi connectivity index (χ0) is 19.7. The number of carbonyl (C=O) groups is 1. The first kappa shape index (κ1) is 19.7. The lowest BCUT2D eigenvalue weighted by Gasteiger charge is -2.64. The summed E-state index contributed by atoms with van der Waals surface area (Å²) in [5, 5.41) is 33.0. The molecule has 9 unspecified atom stereocenters. The third-order valence-corrected chi connectivity index (χ3v) is 9.06. The van der Waals surface area contributed by atoms with Crippen molar-refractivity contribution in [1.29, 1.82) is 0 Å². The summed E-state index contributed by atoms with van der Waals surface area (Å²) in [7, 11) is 0. The maximum atomic E-state index is 11.7. The Morgan fingerprint density at radius 2 is 1.74 bits per heavy atom. The highest BCUT2D eigenvalue weighted by Gasteiger charge is 2.66. The maximum Gasteiger partial charge on any atom is 0.303 e. The molecule has 4 aliphatic carbocycles. The molecule has 0 bridgehead atoms. The van der Waals surface area contributed by atoms with Gasteiger partial charge in [0.05, 0.1) is 18.3 Å². The molecule has 0 aliphatic heterocycles. The Bertz CT molecular complexity index is 608. The average molecular weight is 381 g/mol. The molecule has 0 spiro atoms. The summed E-state index contributed by atoms with van der Waals surface area (Å²) in [6.07, 6.45) is 2.64. The van der Waals surface area contributed by atoms with E-state index in [-0.39, 0.29) is 16.7 Å². The number of hydrogen-bond acceptors (Lipinski definition) is 5. The lowest BCUT2D eigenvalue weighted by Crippen LogP contribution is -2.67. The van der Waals surface area contributed by atoms with Crippen LogP contribution in [0.4, 0.5) is 0 Å². The highest BCUT2D eigenvalue weighted by Crippen LogP contribution is 2.67. The number of fused-ring (bicyclic) bond motifs is 5. The molecular weight excluding hydrogens is 344 g/mol. The lowest BCUT2D eigenvalue weighted by molar-refractivity contribution is -0.253. The number of esters is 1. The smallest absolute Gasteiger partial charge is 0.303 e. The van der Waals surface area contributed by atoms with Crippen molar-refractivity contribution in [1.82, 2.24) is 0 Å². The molecule has 0 amide bonds. The van der Waals surface area contributed by atoms with Crippen LogP contribution >= 0.6 is 0 Å². The molecule has 3 N–H and O–H groups in total. The van der Waals surface area contributed by atoms with Crippen molar-refractivity contribution in [3.05, 3.63) is 0 Å². The molecular formula is C22H36O5. The van der Waals surface area contributed by atoms with Crippen LogP contribution in [-0.2, 0) is 9.53 Å². The van der Waals surface area contributed by atoms with Crippen LogP contribution in [0.3, 0.4) is 0 Å². The van der Waals surface area contributed by atoms with E-state index in [0.717, 1.165) is 25.7 Å². The molecule has 0 radical (unpaired) electrons. The minimum atomic E-state index is -0.964. The van der Waals surface area contributed by atoms with E-state index >= 15 is 0 Å². The van der Waals surface area contributed by atoms with E-state index in [1.54, 1.807) is 0 Å². The first-order valence-electron chi connectivity index (χ1n) is 10.8. The average Bonchev–Trinajstić information content (AvgIpc) is 2.89. The quantitative estimate of drug-likeness (QED) is 0.609. The molecule has 27 heavy (non-hydrogen) atoms. The molecule has 11 atom stereocenters. The maximum absolute atomic E-state index is 11.7. The normalized spacial score (nSPS) is 57.4. The van der Waals surface area contributed by atoms with Gasteiger partial charge in [0.1, 0.15) is 6.10 Å². The number of ether oxygens (including phenoxy) is 1.